The zero-order valence-corrected chi connectivity index (χ0v) is 22.9. The van der Waals surface area contributed by atoms with Gasteiger partial charge in [0.2, 0.25) is 11.5 Å². The number of benzene rings is 1. The third kappa shape index (κ3) is 11.2. The summed E-state index contributed by atoms with van der Waals surface area (Å²) in [6.45, 7) is 9.99. The fraction of sp³-hybridized carbons (Fsp3) is 0.800. The Kier molecular flexibility index (Phi) is 17.6. The highest BCUT2D eigenvalue weighted by Gasteiger charge is 2.25. The first-order valence-electron chi connectivity index (χ1n) is 14.5. The highest BCUT2D eigenvalue weighted by molar-refractivity contribution is 5.66. The SMILES string of the molecule is CCCCCCCOc1c(O)c(O)c(CCCCC)c(CCCCC)c1OCCCCCCC. The molecule has 4 heteroatoms. The molecule has 0 unspecified atom stereocenters. The molecule has 0 heterocycles. The van der Waals surface area contributed by atoms with Gasteiger partial charge < -0.3 is 19.7 Å². The molecule has 0 amide bonds. The van der Waals surface area contributed by atoms with Gasteiger partial charge in [-0.2, -0.15) is 0 Å². The molecular weight excluding hydrogens is 424 g/mol. The lowest BCUT2D eigenvalue weighted by Crippen LogP contribution is -2.08. The first-order valence-corrected chi connectivity index (χ1v) is 14.5. The number of rotatable bonds is 22. The fourth-order valence-electron chi connectivity index (χ4n) is 4.46. The molecule has 1 aromatic rings. The van der Waals surface area contributed by atoms with Crippen LogP contribution in [-0.4, -0.2) is 23.4 Å². The lowest BCUT2D eigenvalue weighted by atomic mass is 9.94. The fourth-order valence-corrected chi connectivity index (χ4v) is 4.46. The van der Waals surface area contributed by atoms with E-state index in [4.69, 9.17) is 9.47 Å². The minimum absolute atomic E-state index is 0.00104. The van der Waals surface area contributed by atoms with Gasteiger partial charge in [0, 0.05) is 11.1 Å². The smallest absolute Gasteiger partial charge is 0.207 e. The molecule has 0 fully saturated rings. The van der Waals surface area contributed by atoms with Crippen LogP contribution in [0.15, 0.2) is 0 Å². The van der Waals surface area contributed by atoms with E-state index >= 15 is 0 Å². The van der Waals surface area contributed by atoms with Crippen LogP contribution in [0.4, 0.5) is 0 Å². The number of hydrogen-bond acceptors (Lipinski definition) is 4. The van der Waals surface area contributed by atoms with Gasteiger partial charge in [-0.05, 0) is 38.5 Å². The molecule has 0 atom stereocenters. The molecule has 34 heavy (non-hydrogen) atoms. The Morgan fingerprint density at radius 1 is 0.441 bits per heavy atom. The van der Waals surface area contributed by atoms with Crippen molar-refractivity contribution in [1.82, 2.24) is 0 Å². The van der Waals surface area contributed by atoms with Gasteiger partial charge in [-0.1, -0.05) is 105 Å². The number of ether oxygens (including phenoxy) is 2. The first-order chi connectivity index (χ1) is 16.6. The average Bonchev–Trinajstić information content (AvgIpc) is 2.84. The number of hydrogen-bond donors (Lipinski definition) is 2. The second-order valence-corrected chi connectivity index (χ2v) is 9.75. The van der Waals surface area contributed by atoms with E-state index in [1.807, 2.05) is 0 Å². The highest BCUT2D eigenvalue weighted by Crippen LogP contribution is 2.50. The quantitative estimate of drug-likeness (QED) is 0.129. The molecule has 0 aliphatic carbocycles. The van der Waals surface area contributed by atoms with Crippen LogP contribution in [0.3, 0.4) is 0 Å². The zero-order valence-electron chi connectivity index (χ0n) is 22.9. The molecule has 0 bridgehead atoms. The summed E-state index contributed by atoms with van der Waals surface area (Å²) in [5, 5.41) is 22.0. The maximum absolute atomic E-state index is 11.0. The molecule has 0 aliphatic rings. The van der Waals surface area contributed by atoms with Crippen LogP contribution in [0.2, 0.25) is 0 Å². The topological polar surface area (TPSA) is 58.9 Å². The number of unbranched alkanes of at least 4 members (excludes halogenated alkanes) is 12. The lowest BCUT2D eigenvalue weighted by Gasteiger charge is -2.22. The van der Waals surface area contributed by atoms with Crippen molar-refractivity contribution in [1.29, 1.82) is 0 Å². The number of phenols is 2. The number of phenolic OH excluding ortho intramolecular Hbond substituents is 2. The van der Waals surface area contributed by atoms with Crippen molar-refractivity contribution < 1.29 is 19.7 Å². The van der Waals surface area contributed by atoms with E-state index in [9.17, 15) is 10.2 Å². The summed E-state index contributed by atoms with van der Waals surface area (Å²) in [7, 11) is 0. The average molecular weight is 479 g/mol. The molecule has 1 rings (SSSR count). The molecule has 0 radical (unpaired) electrons. The molecule has 0 aromatic heterocycles. The summed E-state index contributed by atoms with van der Waals surface area (Å²) in [5.74, 6) is 0.897. The third-order valence-corrected chi connectivity index (χ3v) is 6.62. The lowest BCUT2D eigenvalue weighted by molar-refractivity contribution is 0.242. The second-order valence-electron chi connectivity index (χ2n) is 9.75. The Labute approximate surface area is 210 Å². The van der Waals surface area contributed by atoms with Gasteiger partial charge in [0.05, 0.1) is 13.2 Å². The molecule has 0 spiro atoms. The molecule has 0 saturated carbocycles. The summed E-state index contributed by atoms with van der Waals surface area (Å²) in [5.41, 5.74) is 1.91. The van der Waals surface area contributed by atoms with Crippen molar-refractivity contribution in [2.45, 2.75) is 143 Å². The Balaban J connectivity index is 3.15. The first kappa shape index (κ1) is 30.5. The minimum Gasteiger partial charge on any atom is -0.504 e. The van der Waals surface area contributed by atoms with E-state index in [1.54, 1.807) is 0 Å². The summed E-state index contributed by atoms with van der Waals surface area (Å²) in [6.07, 6.45) is 19.8. The zero-order chi connectivity index (χ0) is 25.0. The van der Waals surface area contributed by atoms with Crippen molar-refractivity contribution in [2.75, 3.05) is 13.2 Å². The Morgan fingerprint density at radius 3 is 1.35 bits per heavy atom. The summed E-state index contributed by atoms with van der Waals surface area (Å²) >= 11 is 0. The maximum atomic E-state index is 11.0. The standard InChI is InChI=1S/C30H54O4/c1-5-9-13-15-19-23-33-29-26(22-18-12-8-4)25(21-17-11-7-3)27(31)28(32)30(29)34-24-20-16-14-10-6-2/h31-32H,5-24H2,1-4H3. The van der Waals surface area contributed by atoms with Crippen LogP contribution in [0.5, 0.6) is 23.0 Å². The third-order valence-electron chi connectivity index (χ3n) is 6.62. The maximum Gasteiger partial charge on any atom is 0.207 e. The summed E-state index contributed by atoms with van der Waals surface area (Å²) < 4.78 is 12.5. The van der Waals surface area contributed by atoms with Crippen molar-refractivity contribution in [2.24, 2.45) is 0 Å². The second kappa shape index (κ2) is 19.7. The van der Waals surface area contributed by atoms with Crippen LogP contribution in [0, 0.1) is 0 Å². The Morgan fingerprint density at radius 2 is 0.853 bits per heavy atom. The molecule has 4 nitrogen and oxygen atoms in total. The Bertz CT molecular complexity index is 641. The van der Waals surface area contributed by atoms with E-state index in [0.717, 1.165) is 88.2 Å². The van der Waals surface area contributed by atoms with E-state index in [2.05, 4.69) is 27.7 Å². The molecule has 198 valence electrons. The van der Waals surface area contributed by atoms with Crippen LogP contribution >= 0.6 is 0 Å². The molecule has 0 aliphatic heterocycles. The number of aromatic hydroxyl groups is 2. The van der Waals surface area contributed by atoms with E-state index in [-0.39, 0.29) is 11.5 Å². The van der Waals surface area contributed by atoms with Gasteiger partial charge in [0.25, 0.3) is 0 Å². The van der Waals surface area contributed by atoms with Crippen molar-refractivity contribution in [3.63, 3.8) is 0 Å². The molecule has 1 aromatic carbocycles. The van der Waals surface area contributed by atoms with Gasteiger partial charge in [-0.15, -0.1) is 0 Å². The van der Waals surface area contributed by atoms with Gasteiger partial charge in [0.15, 0.2) is 11.5 Å². The van der Waals surface area contributed by atoms with E-state index in [1.165, 1.54) is 38.5 Å². The van der Waals surface area contributed by atoms with Crippen LogP contribution in [0.1, 0.15) is 142 Å². The van der Waals surface area contributed by atoms with E-state index in [0.29, 0.717) is 24.7 Å². The molecule has 0 saturated heterocycles. The van der Waals surface area contributed by atoms with E-state index < -0.39 is 0 Å². The van der Waals surface area contributed by atoms with Crippen molar-refractivity contribution >= 4 is 0 Å². The molecular formula is C30H54O4. The van der Waals surface area contributed by atoms with Crippen LogP contribution < -0.4 is 9.47 Å². The van der Waals surface area contributed by atoms with Gasteiger partial charge in [-0.3, -0.25) is 0 Å². The van der Waals surface area contributed by atoms with Crippen molar-refractivity contribution in [3.8, 4) is 23.0 Å². The summed E-state index contributed by atoms with van der Waals surface area (Å²) in [4.78, 5) is 0. The van der Waals surface area contributed by atoms with Gasteiger partial charge in [-0.25, -0.2) is 0 Å². The normalized spacial score (nSPS) is 11.2. The van der Waals surface area contributed by atoms with Gasteiger partial charge >= 0.3 is 0 Å². The highest BCUT2D eigenvalue weighted by atomic mass is 16.5. The largest absolute Gasteiger partial charge is 0.504 e. The van der Waals surface area contributed by atoms with Crippen molar-refractivity contribution in [3.05, 3.63) is 11.1 Å². The Hall–Kier alpha value is -1.58. The summed E-state index contributed by atoms with van der Waals surface area (Å²) in [6, 6.07) is 0. The predicted molar refractivity (Wildman–Crippen MR) is 145 cm³/mol. The predicted octanol–water partition coefficient (Wildman–Crippen LogP) is 9.26. The van der Waals surface area contributed by atoms with Crippen LogP contribution in [-0.2, 0) is 12.8 Å². The minimum atomic E-state index is -0.139. The van der Waals surface area contributed by atoms with Crippen LogP contribution in [0.25, 0.3) is 0 Å². The molecule has 2 N–H and O–H groups in total. The monoisotopic (exact) mass is 478 g/mol. The van der Waals surface area contributed by atoms with Gasteiger partial charge in [0.1, 0.15) is 0 Å².